The van der Waals surface area contributed by atoms with Crippen LogP contribution in [-0.4, -0.2) is 24.0 Å². The number of nitrogens with zero attached hydrogens (tertiary/aromatic N) is 1. The van der Waals surface area contributed by atoms with Crippen molar-refractivity contribution in [2.24, 2.45) is 5.92 Å². The number of aromatic nitrogens is 1. The Kier molecular flexibility index (Phi) is 4.97. The number of thiazole rings is 1. The van der Waals surface area contributed by atoms with Crippen LogP contribution in [-0.2, 0) is 17.6 Å². The molecule has 1 aliphatic heterocycles. The van der Waals surface area contributed by atoms with Gasteiger partial charge in [-0.1, -0.05) is 48.5 Å². The fraction of sp³-hybridized carbons (Fsp3) is 0.238. The fourth-order valence-corrected chi connectivity index (χ4v) is 3.93. The molecule has 0 unspecified atom stereocenters. The first-order chi connectivity index (χ1) is 12.8. The third kappa shape index (κ3) is 3.94. The molecule has 4 nitrogen and oxygen atoms in total. The molecule has 0 radical (unpaired) electrons. The molecule has 0 saturated heterocycles. The molecule has 3 aromatic rings. The van der Waals surface area contributed by atoms with Gasteiger partial charge in [-0.15, -0.1) is 11.3 Å². The lowest BCUT2D eigenvalue weighted by atomic mass is 9.97. The van der Waals surface area contributed by atoms with Crippen molar-refractivity contribution in [2.75, 3.05) is 13.2 Å². The van der Waals surface area contributed by atoms with E-state index in [0.29, 0.717) is 25.5 Å². The number of hydrogen-bond donors (Lipinski definition) is 1. The first-order valence-electron chi connectivity index (χ1n) is 8.75. The standard InChI is InChI=1S/C21H20N2O2S/c24-20(11-18-14-26-21(23-18)16-6-2-1-3-7-16)22-12-15-10-17-8-4-5-9-19(17)25-13-15/h1-9,14-15H,10-13H2,(H,22,24)/t15-/m1/s1. The second-order valence-corrected chi connectivity index (χ2v) is 7.34. The maximum atomic E-state index is 12.3. The summed E-state index contributed by atoms with van der Waals surface area (Å²) in [6.45, 7) is 1.27. The number of carbonyl (C=O) groups excluding carboxylic acids is 1. The number of ether oxygens (including phenoxy) is 1. The maximum Gasteiger partial charge on any atom is 0.226 e. The van der Waals surface area contributed by atoms with E-state index in [9.17, 15) is 4.79 Å². The SMILES string of the molecule is O=C(Cc1csc(-c2ccccc2)n1)NC[C@@H]1COc2ccccc2C1. The molecule has 1 atom stereocenters. The van der Waals surface area contributed by atoms with Crippen molar-refractivity contribution in [1.29, 1.82) is 0 Å². The zero-order valence-corrected chi connectivity index (χ0v) is 15.2. The molecular formula is C21H20N2O2S. The monoisotopic (exact) mass is 364 g/mol. The molecule has 4 rings (SSSR count). The predicted molar refractivity (Wildman–Crippen MR) is 103 cm³/mol. The molecule has 1 aliphatic rings. The van der Waals surface area contributed by atoms with Gasteiger partial charge in [0, 0.05) is 23.4 Å². The Balaban J connectivity index is 1.29. The van der Waals surface area contributed by atoms with E-state index in [2.05, 4.69) is 16.4 Å². The Morgan fingerprint density at radius 1 is 1.15 bits per heavy atom. The predicted octanol–water partition coefficient (Wildman–Crippen LogP) is 3.72. The van der Waals surface area contributed by atoms with Crippen molar-refractivity contribution in [3.05, 3.63) is 71.2 Å². The Morgan fingerprint density at radius 2 is 1.96 bits per heavy atom. The van der Waals surface area contributed by atoms with Crippen molar-refractivity contribution in [3.63, 3.8) is 0 Å². The third-order valence-electron chi connectivity index (χ3n) is 4.46. The minimum atomic E-state index is 0.00812. The van der Waals surface area contributed by atoms with Gasteiger partial charge in [0.1, 0.15) is 10.8 Å². The van der Waals surface area contributed by atoms with E-state index >= 15 is 0 Å². The van der Waals surface area contributed by atoms with Crippen LogP contribution in [0, 0.1) is 5.92 Å². The molecule has 1 N–H and O–H groups in total. The Hall–Kier alpha value is -2.66. The second kappa shape index (κ2) is 7.70. The summed E-state index contributed by atoms with van der Waals surface area (Å²) in [6, 6.07) is 18.1. The van der Waals surface area contributed by atoms with Gasteiger partial charge in [0.2, 0.25) is 5.91 Å². The summed E-state index contributed by atoms with van der Waals surface area (Å²) in [7, 11) is 0. The fourth-order valence-electron chi connectivity index (χ4n) is 3.11. The quantitative estimate of drug-likeness (QED) is 0.751. The Morgan fingerprint density at radius 3 is 2.85 bits per heavy atom. The molecule has 0 spiro atoms. The van der Waals surface area contributed by atoms with Crippen molar-refractivity contribution < 1.29 is 9.53 Å². The number of fused-ring (bicyclic) bond motifs is 1. The van der Waals surface area contributed by atoms with Crippen molar-refractivity contribution in [2.45, 2.75) is 12.8 Å². The Labute approximate surface area is 156 Å². The van der Waals surface area contributed by atoms with Crippen molar-refractivity contribution in [3.8, 4) is 16.3 Å². The highest BCUT2D eigenvalue weighted by atomic mass is 32.1. The van der Waals surface area contributed by atoms with Crippen LogP contribution in [0.4, 0.5) is 0 Å². The molecule has 2 heterocycles. The van der Waals surface area contributed by atoms with Gasteiger partial charge < -0.3 is 10.1 Å². The van der Waals surface area contributed by atoms with Gasteiger partial charge in [-0.05, 0) is 18.1 Å². The average Bonchev–Trinajstić information content (AvgIpc) is 3.15. The highest BCUT2D eigenvalue weighted by molar-refractivity contribution is 7.13. The molecule has 132 valence electrons. The number of para-hydroxylation sites is 1. The zero-order chi connectivity index (χ0) is 17.8. The van der Waals surface area contributed by atoms with Crippen LogP contribution < -0.4 is 10.1 Å². The van der Waals surface area contributed by atoms with E-state index in [0.717, 1.165) is 28.4 Å². The number of hydrogen-bond acceptors (Lipinski definition) is 4. The van der Waals surface area contributed by atoms with Gasteiger partial charge in [0.25, 0.3) is 0 Å². The van der Waals surface area contributed by atoms with E-state index < -0.39 is 0 Å². The maximum absolute atomic E-state index is 12.3. The summed E-state index contributed by atoms with van der Waals surface area (Å²) in [4.78, 5) is 16.8. The van der Waals surface area contributed by atoms with Gasteiger partial charge in [-0.2, -0.15) is 0 Å². The first kappa shape index (κ1) is 16.8. The molecule has 0 bridgehead atoms. The summed E-state index contributed by atoms with van der Waals surface area (Å²) < 4.78 is 5.78. The number of nitrogens with one attached hydrogen (secondary N) is 1. The average molecular weight is 364 g/mol. The summed E-state index contributed by atoms with van der Waals surface area (Å²) in [5.41, 5.74) is 3.11. The summed E-state index contributed by atoms with van der Waals surface area (Å²) in [5.74, 6) is 1.28. The van der Waals surface area contributed by atoms with Crippen molar-refractivity contribution >= 4 is 17.2 Å². The topological polar surface area (TPSA) is 51.2 Å². The van der Waals surface area contributed by atoms with Crippen LogP contribution >= 0.6 is 11.3 Å². The molecule has 2 aromatic carbocycles. The molecular weight excluding hydrogens is 344 g/mol. The number of rotatable bonds is 5. The number of carbonyl (C=O) groups is 1. The summed E-state index contributed by atoms with van der Waals surface area (Å²) >= 11 is 1.57. The number of benzene rings is 2. The van der Waals surface area contributed by atoms with E-state index in [1.807, 2.05) is 53.9 Å². The lowest BCUT2D eigenvalue weighted by molar-refractivity contribution is -0.120. The normalized spacial score (nSPS) is 15.8. The van der Waals surface area contributed by atoms with Crippen LogP contribution in [0.25, 0.3) is 10.6 Å². The van der Waals surface area contributed by atoms with Crippen LogP contribution in [0.3, 0.4) is 0 Å². The zero-order valence-electron chi connectivity index (χ0n) is 14.4. The summed E-state index contributed by atoms with van der Waals surface area (Å²) in [5, 5.41) is 5.94. The molecule has 1 amide bonds. The Bertz CT molecular complexity index is 892. The third-order valence-corrected chi connectivity index (χ3v) is 5.40. The lowest BCUT2D eigenvalue weighted by Crippen LogP contribution is -2.35. The molecule has 0 aliphatic carbocycles. The van der Waals surface area contributed by atoms with E-state index in [4.69, 9.17) is 4.74 Å². The highest BCUT2D eigenvalue weighted by Gasteiger charge is 2.20. The number of amides is 1. The minimum Gasteiger partial charge on any atom is -0.493 e. The van der Waals surface area contributed by atoms with Crippen molar-refractivity contribution in [1.82, 2.24) is 10.3 Å². The molecule has 0 fully saturated rings. The highest BCUT2D eigenvalue weighted by Crippen LogP contribution is 2.26. The van der Waals surface area contributed by atoms with E-state index in [1.165, 1.54) is 5.56 Å². The largest absolute Gasteiger partial charge is 0.493 e. The molecule has 1 aromatic heterocycles. The molecule has 0 saturated carbocycles. The minimum absolute atomic E-state index is 0.00812. The smallest absolute Gasteiger partial charge is 0.226 e. The van der Waals surface area contributed by atoms with Gasteiger partial charge >= 0.3 is 0 Å². The van der Waals surface area contributed by atoms with Crippen LogP contribution in [0.2, 0.25) is 0 Å². The van der Waals surface area contributed by atoms with E-state index in [-0.39, 0.29) is 5.91 Å². The first-order valence-corrected chi connectivity index (χ1v) is 9.63. The molecule has 26 heavy (non-hydrogen) atoms. The van der Waals surface area contributed by atoms with Crippen LogP contribution in [0.15, 0.2) is 60.0 Å². The summed E-state index contributed by atoms with van der Waals surface area (Å²) in [6.07, 6.45) is 1.25. The molecule has 5 heteroatoms. The van der Waals surface area contributed by atoms with E-state index in [1.54, 1.807) is 11.3 Å². The second-order valence-electron chi connectivity index (χ2n) is 6.48. The van der Waals surface area contributed by atoms with Gasteiger partial charge in [0.15, 0.2) is 0 Å². The van der Waals surface area contributed by atoms with Gasteiger partial charge in [-0.25, -0.2) is 4.98 Å². The van der Waals surface area contributed by atoms with Crippen LogP contribution in [0.5, 0.6) is 5.75 Å². The van der Waals surface area contributed by atoms with Gasteiger partial charge in [-0.3, -0.25) is 4.79 Å². The van der Waals surface area contributed by atoms with Gasteiger partial charge in [0.05, 0.1) is 18.7 Å². The lowest BCUT2D eigenvalue weighted by Gasteiger charge is -2.25. The van der Waals surface area contributed by atoms with Crippen LogP contribution in [0.1, 0.15) is 11.3 Å².